The van der Waals surface area contributed by atoms with Crippen LogP contribution >= 0.6 is 0 Å². The zero-order valence-electron chi connectivity index (χ0n) is 15.2. The molecule has 0 saturated carbocycles. The van der Waals surface area contributed by atoms with Crippen molar-refractivity contribution in [3.8, 4) is 17.2 Å². The summed E-state index contributed by atoms with van der Waals surface area (Å²) in [6.07, 6.45) is 1.53. The first-order valence-electron chi connectivity index (χ1n) is 7.87. The van der Waals surface area contributed by atoms with E-state index in [0.29, 0.717) is 28.7 Å². The molecule has 0 spiro atoms. The molecule has 1 heterocycles. The predicted octanol–water partition coefficient (Wildman–Crippen LogP) is 1.97. The number of rotatable bonds is 8. The Morgan fingerprint density at radius 1 is 1.12 bits per heavy atom. The molecule has 1 N–H and O–H groups in total. The molecule has 26 heavy (non-hydrogen) atoms. The number of hydrogen-bond acceptors (Lipinski definition) is 6. The van der Waals surface area contributed by atoms with Crippen LogP contribution in [0.15, 0.2) is 34.9 Å². The van der Waals surface area contributed by atoms with Gasteiger partial charge in [-0.15, -0.1) is 0 Å². The molecule has 2 aromatic rings. The van der Waals surface area contributed by atoms with Crippen molar-refractivity contribution in [3.63, 3.8) is 0 Å². The average molecular weight is 362 g/mol. The highest BCUT2D eigenvalue weighted by atomic mass is 16.5. The fourth-order valence-corrected chi connectivity index (χ4v) is 2.41. The summed E-state index contributed by atoms with van der Waals surface area (Å²) in [4.78, 5) is 25.6. The fourth-order valence-electron chi connectivity index (χ4n) is 2.41. The minimum atomic E-state index is -0.328. The van der Waals surface area contributed by atoms with Gasteiger partial charge in [-0.3, -0.25) is 9.59 Å². The van der Waals surface area contributed by atoms with Gasteiger partial charge >= 0.3 is 0 Å². The molecular weight excluding hydrogens is 340 g/mol. The van der Waals surface area contributed by atoms with E-state index in [0.717, 1.165) is 0 Å². The van der Waals surface area contributed by atoms with Crippen molar-refractivity contribution in [3.05, 3.63) is 36.3 Å². The lowest BCUT2D eigenvalue weighted by atomic mass is 10.2. The quantitative estimate of drug-likeness (QED) is 0.772. The molecule has 8 heteroatoms. The number of carbonyl (C=O) groups excluding carboxylic acids is 2. The van der Waals surface area contributed by atoms with Crippen LogP contribution in [0.4, 0.5) is 5.69 Å². The zero-order valence-corrected chi connectivity index (χ0v) is 15.2. The van der Waals surface area contributed by atoms with E-state index in [1.54, 1.807) is 24.3 Å². The van der Waals surface area contributed by atoms with Gasteiger partial charge in [-0.25, -0.2) is 0 Å². The van der Waals surface area contributed by atoms with Crippen LogP contribution in [0.3, 0.4) is 0 Å². The highest BCUT2D eigenvalue weighted by molar-refractivity contribution is 5.98. The molecule has 1 aromatic carbocycles. The molecule has 1 aromatic heterocycles. The Morgan fingerprint density at radius 2 is 1.77 bits per heavy atom. The highest BCUT2D eigenvalue weighted by Gasteiger charge is 2.21. The smallest absolute Gasteiger partial charge is 0.240 e. The van der Waals surface area contributed by atoms with Crippen molar-refractivity contribution < 1.29 is 28.2 Å². The number of benzene rings is 1. The first-order valence-corrected chi connectivity index (χ1v) is 7.87. The van der Waals surface area contributed by atoms with Crippen LogP contribution in [0, 0.1) is 0 Å². The molecule has 0 radical (unpaired) electrons. The number of amides is 2. The SMILES string of the molecule is COc1cc(N(CC(=O)NCc2ccco2)C(C)=O)cc(OC)c1OC. The van der Waals surface area contributed by atoms with E-state index < -0.39 is 0 Å². The van der Waals surface area contributed by atoms with Crippen LogP contribution in [0.1, 0.15) is 12.7 Å². The second kappa shape index (κ2) is 8.80. The molecule has 0 aliphatic heterocycles. The highest BCUT2D eigenvalue weighted by Crippen LogP contribution is 2.41. The normalized spacial score (nSPS) is 10.2. The van der Waals surface area contributed by atoms with Crippen molar-refractivity contribution in [2.75, 3.05) is 32.8 Å². The number of nitrogens with zero attached hydrogens (tertiary/aromatic N) is 1. The maximum atomic E-state index is 12.2. The number of hydrogen-bond donors (Lipinski definition) is 1. The molecule has 0 fully saturated rings. The van der Waals surface area contributed by atoms with Gasteiger partial charge in [-0.2, -0.15) is 0 Å². The van der Waals surface area contributed by atoms with Gasteiger partial charge in [0.25, 0.3) is 0 Å². The summed E-state index contributed by atoms with van der Waals surface area (Å²) in [6, 6.07) is 6.71. The maximum Gasteiger partial charge on any atom is 0.240 e. The number of furan rings is 1. The first-order chi connectivity index (χ1) is 12.5. The van der Waals surface area contributed by atoms with Crippen LogP contribution in [0.2, 0.25) is 0 Å². The first kappa shape index (κ1) is 19.2. The molecule has 0 aliphatic carbocycles. The molecule has 2 rings (SSSR count). The van der Waals surface area contributed by atoms with E-state index in [9.17, 15) is 9.59 Å². The molecule has 0 saturated heterocycles. The average Bonchev–Trinajstić information content (AvgIpc) is 3.16. The Balaban J connectivity index is 2.20. The van der Waals surface area contributed by atoms with E-state index in [4.69, 9.17) is 18.6 Å². The van der Waals surface area contributed by atoms with Gasteiger partial charge < -0.3 is 28.8 Å². The molecule has 8 nitrogen and oxygen atoms in total. The van der Waals surface area contributed by atoms with Crippen molar-refractivity contribution in [1.29, 1.82) is 0 Å². The lowest BCUT2D eigenvalue weighted by molar-refractivity contribution is -0.123. The topological polar surface area (TPSA) is 90.2 Å². The summed E-state index contributed by atoms with van der Waals surface area (Å²) in [5.74, 6) is 1.19. The van der Waals surface area contributed by atoms with Crippen LogP contribution < -0.4 is 24.4 Å². The Hall–Kier alpha value is -3.16. The van der Waals surface area contributed by atoms with Gasteiger partial charge in [0.05, 0.1) is 39.8 Å². The van der Waals surface area contributed by atoms with Crippen LogP contribution in [0.25, 0.3) is 0 Å². The van der Waals surface area contributed by atoms with Gasteiger partial charge in [-0.1, -0.05) is 0 Å². The van der Waals surface area contributed by atoms with Crippen molar-refractivity contribution in [2.45, 2.75) is 13.5 Å². The minimum Gasteiger partial charge on any atom is -0.493 e. The lowest BCUT2D eigenvalue weighted by Crippen LogP contribution is -2.39. The van der Waals surface area contributed by atoms with Gasteiger partial charge in [0.1, 0.15) is 12.3 Å². The van der Waals surface area contributed by atoms with E-state index >= 15 is 0 Å². The van der Waals surface area contributed by atoms with Gasteiger partial charge in [-0.05, 0) is 12.1 Å². The Labute approximate surface area is 151 Å². The molecule has 2 amide bonds. The van der Waals surface area contributed by atoms with Crippen LogP contribution in [-0.4, -0.2) is 39.7 Å². The number of methoxy groups -OCH3 is 3. The van der Waals surface area contributed by atoms with E-state index in [1.807, 2.05) is 0 Å². The monoisotopic (exact) mass is 362 g/mol. The molecule has 0 unspecified atom stereocenters. The van der Waals surface area contributed by atoms with Crippen molar-refractivity contribution in [2.24, 2.45) is 0 Å². The minimum absolute atomic E-state index is 0.158. The third-order valence-electron chi connectivity index (χ3n) is 3.68. The Morgan fingerprint density at radius 3 is 2.23 bits per heavy atom. The maximum absolute atomic E-state index is 12.2. The largest absolute Gasteiger partial charge is 0.493 e. The summed E-state index contributed by atoms with van der Waals surface area (Å²) in [7, 11) is 4.45. The lowest BCUT2D eigenvalue weighted by Gasteiger charge is -2.23. The van der Waals surface area contributed by atoms with Gasteiger partial charge in [0.2, 0.25) is 17.6 Å². The second-order valence-electron chi connectivity index (χ2n) is 5.34. The number of ether oxygens (including phenoxy) is 3. The number of nitrogens with one attached hydrogen (secondary N) is 1. The zero-order chi connectivity index (χ0) is 19.1. The second-order valence-corrected chi connectivity index (χ2v) is 5.34. The number of carbonyl (C=O) groups is 2. The van der Waals surface area contributed by atoms with Crippen LogP contribution in [0.5, 0.6) is 17.2 Å². The summed E-state index contributed by atoms with van der Waals surface area (Å²) in [5, 5.41) is 2.71. The van der Waals surface area contributed by atoms with Crippen molar-refractivity contribution in [1.82, 2.24) is 5.32 Å². The van der Waals surface area contributed by atoms with Gasteiger partial charge in [0, 0.05) is 19.1 Å². The summed E-state index contributed by atoms with van der Waals surface area (Å²) < 4.78 is 21.0. The summed E-state index contributed by atoms with van der Waals surface area (Å²) in [6.45, 7) is 1.46. The van der Waals surface area contributed by atoms with Gasteiger partial charge in [0.15, 0.2) is 11.5 Å². The number of anilines is 1. The van der Waals surface area contributed by atoms with E-state index in [2.05, 4.69) is 5.32 Å². The Bertz CT molecular complexity index is 732. The summed E-state index contributed by atoms with van der Waals surface area (Å²) in [5.41, 5.74) is 0.458. The fraction of sp³-hybridized carbons (Fsp3) is 0.333. The van der Waals surface area contributed by atoms with E-state index in [1.165, 1.54) is 39.4 Å². The molecule has 0 atom stereocenters. The molecule has 140 valence electrons. The van der Waals surface area contributed by atoms with Crippen molar-refractivity contribution >= 4 is 17.5 Å². The molecule has 0 aliphatic rings. The third-order valence-corrected chi connectivity index (χ3v) is 3.68. The Kier molecular flexibility index (Phi) is 6.48. The van der Waals surface area contributed by atoms with E-state index in [-0.39, 0.29) is 24.9 Å². The summed E-state index contributed by atoms with van der Waals surface area (Å²) >= 11 is 0. The standard InChI is InChI=1S/C18H22N2O6/c1-12(21)20(11-17(22)19-10-14-6-5-7-26-14)13-8-15(23-2)18(25-4)16(9-13)24-3/h5-9H,10-11H2,1-4H3,(H,19,22). The predicted molar refractivity (Wildman–Crippen MR) is 94.7 cm³/mol. The third kappa shape index (κ3) is 4.47. The molecular formula is C18H22N2O6. The van der Waals surface area contributed by atoms with Crippen LogP contribution in [-0.2, 0) is 16.1 Å². The molecule has 0 bridgehead atoms.